The zero-order chi connectivity index (χ0) is 14.9. The van der Waals surface area contributed by atoms with Crippen LogP contribution in [-0.4, -0.2) is 30.8 Å². The van der Waals surface area contributed by atoms with Gasteiger partial charge in [-0.2, -0.15) is 11.8 Å². The van der Waals surface area contributed by atoms with Crippen molar-refractivity contribution in [2.75, 3.05) is 25.2 Å². The minimum atomic E-state index is -0.788. The molecule has 0 aliphatic carbocycles. The molecule has 1 N–H and O–H groups in total. The molecule has 0 aromatic heterocycles. The van der Waals surface area contributed by atoms with Crippen LogP contribution in [0.5, 0.6) is 0 Å². The molecule has 3 atom stereocenters. The highest BCUT2D eigenvalue weighted by molar-refractivity contribution is 7.99. The van der Waals surface area contributed by atoms with Crippen molar-refractivity contribution in [1.29, 1.82) is 0 Å². The second-order valence-corrected chi connectivity index (χ2v) is 7.13. The molecule has 2 nitrogen and oxygen atoms in total. The van der Waals surface area contributed by atoms with E-state index in [0.29, 0.717) is 5.92 Å². The Balaban J connectivity index is 1.80. The second-order valence-electron chi connectivity index (χ2n) is 6.03. The molecule has 1 aromatic rings. The summed E-state index contributed by atoms with van der Waals surface area (Å²) in [5.74, 6) is 1.04. The quantitative estimate of drug-likeness (QED) is 0.922. The lowest BCUT2D eigenvalue weighted by molar-refractivity contribution is -0.0850. The molecule has 2 heterocycles. The first-order valence-electron chi connectivity index (χ1n) is 7.47. The molecule has 0 amide bonds. The highest BCUT2D eigenvalue weighted by Gasteiger charge is 2.42. The third kappa shape index (κ3) is 3.10. The lowest BCUT2D eigenvalue weighted by Crippen LogP contribution is -2.43. The highest BCUT2D eigenvalue weighted by atomic mass is 32.2. The van der Waals surface area contributed by atoms with E-state index in [9.17, 15) is 8.78 Å². The Bertz CT molecular complexity index is 505. The zero-order valence-electron chi connectivity index (χ0n) is 12.2. The van der Waals surface area contributed by atoms with Gasteiger partial charge in [-0.3, -0.25) is 0 Å². The monoisotopic (exact) mass is 313 g/mol. The van der Waals surface area contributed by atoms with E-state index in [1.165, 1.54) is 12.1 Å². The van der Waals surface area contributed by atoms with Crippen LogP contribution in [-0.2, 0) is 4.74 Å². The number of nitrogens with one attached hydrogen (secondary N) is 1. The first kappa shape index (κ1) is 15.3. The molecule has 2 aliphatic rings. The molecular formula is C16H21F2NOS. The summed E-state index contributed by atoms with van der Waals surface area (Å²) in [7, 11) is 1.89. The summed E-state index contributed by atoms with van der Waals surface area (Å²) in [4.78, 5) is 0. The summed E-state index contributed by atoms with van der Waals surface area (Å²) in [6.45, 7) is 0.757. The molecule has 2 fully saturated rings. The molecule has 2 saturated heterocycles. The average molecular weight is 313 g/mol. The van der Waals surface area contributed by atoms with Crippen molar-refractivity contribution in [2.45, 2.75) is 30.9 Å². The van der Waals surface area contributed by atoms with Crippen LogP contribution in [0.4, 0.5) is 8.78 Å². The Labute approximate surface area is 128 Å². The molecule has 21 heavy (non-hydrogen) atoms. The lowest BCUT2D eigenvalue weighted by Gasteiger charge is -2.41. The minimum absolute atomic E-state index is 0.00125. The SMILES string of the molecule is CNC(c1ccc(F)c(F)c1)C1CCOC2(CCSC2)C1. The van der Waals surface area contributed by atoms with E-state index < -0.39 is 11.6 Å². The molecule has 2 aliphatic heterocycles. The van der Waals surface area contributed by atoms with Crippen LogP contribution in [0.2, 0.25) is 0 Å². The molecule has 1 aromatic carbocycles. The van der Waals surface area contributed by atoms with Gasteiger partial charge in [-0.15, -0.1) is 0 Å². The van der Waals surface area contributed by atoms with Crippen LogP contribution in [0, 0.1) is 17.6 Å². The predicted molar refractivity (Wildman–Crippen MR) is 81.5 cm³/mol. The number of thioether (sulfide) groups is 1. The van der Waals surface area contributed by atoms with Crippen LogP contribution < -0.4 is 5.32 Å². The summed E-state index contributed by atoms with van der Waals surface area (Å²) in [5, 5.41) is 3.29. The van der Waals surface area contributed by atoms with E-state index in [-0.39, 0.29) is 11.6 Å². The molecule has 0 radical (unpaired) electrons. The molecule has 0 bridgehead atoms. The first-order chi connectivity index (χ1) is 10.1. The maximum absolute atomic E-state index is 13.5. The largest absolute Gasteiger partial charge is 0.374 e. The van der Waals surface area contributed by atoms with E-state index in [0.717, 1.165) is 42.9 Å². The van der Waals surface area contributed by atoms with Crippen LogP contribution >= 0.6 is 11.8 Å². The third-order valence-corrected chi connectivity index (χ3v) is 5.91. The first-order valence-corrected chi connectivity index (χ1v) is 8.63. The van der Waals surface area contributed by atoms with Gasteiger partial charge in [-0.1, -0.05) is 6.07 Å². The van der Waals surface area contributed by atoms with Crippen molar-refractivity contribution < 1.29 is 13.5 Å². The maximum atomic E-state index is 13.5. The molecule has 5 heteroatoms. The van der Waals surface area contributed by atoms with E-state index >= 15 is 0 Å². The van der Waals surface area contributed by atoms with E-state index in [1.807, 2.05) is 18.8 Å². The van der Waals surface area contributed by atoms with E-state index in [4.69, 9.17) is 4.74 Å². The van der Waals surface area contributed by atoms with Gasteiger partial charge in [-0.25, -0.2) is 8.78 Å². The standard InChI is InChI=1S/C16H21F2NOS/c1-19-15(11-2-3-13(17)14(18)8-11)12-4-6-20-16(9-12)5-7-21-10-16/h2-3,8,12,15,19H,4-7,9-10H2,1H3. The normalized spacial score (nSPS) is 30.7. The Hall–Kier alpha value is -0.650. The number of ether oxygens (including phenoxy) is 1. The molecule has 3 rings (SSSR count). The molecule has 1 spiro atoms. The van der Waals surface area contributed by atoms with Crippen LogP contribution in [0.1, 0.15) is 30.9 Å². The van der Waals surface area contributed by atoms with Gasteiger partial charge in [0, 0.05) is 18.4 Å². The Morgan fingerprint density at radius 3 is 2.90 bits per heavy atom. The molecular weight excluding hydrogens is 292 g/mol. The van der Waals surface area contributed by atoms with Crippen molar-refractivity contribution in [3.63, 3.8) is 0 Å². The number of benzene rings is 1. The summed E-state index contributed by atoms with van der Waals surface area (Å²) in [5.41, 5.74) is 0.824. The Morgan fingerprint density at radius 1 is 1.38 bits per heavy atom. The van der Waals surface area contributed by atoms with E-state index in [1.54, 1.807) is 6.07 Å². The van der Waals surface area contributed by atoms with Gasteiger partial charge in [0.1, 0.15) is 0 Å². The van der Waals surface area contributed by atoms with Crippen molar-refractivity contribution in [1.82, 2.24) is 5.32 Å². The van der Waals surface area contributed by atoms with E-state index in [2.05, 4.69) is 5.32 Å². The molecule has 116 valence electrons. The maximum Gasteiger partial charge on any atom is 0.159 e. The van der Waals surface area contributed by atoms with Gasteiger partial charge >= 0.3 is 0 Å². The number of rotatable bonds is 3. The van der Waals surface area contributed by atoms with Gasteiger partial charge < -0.3 is 10.1 Å². The fraction of sp³-hybridized carbons (Fsp3) is 0.625. The number of halogens is 2. The summed E-state index contributed by atoms with van der Waals surface area (Å²) < 4.78 is 32.7. The van der Waals surface area contributed by atoms with Gasteiger partial charge in [0.05, 0.1) is 5.60 Å². The minimum Gasteiger partial charge on any atom is -0.374 e. The summed E-state index contributed by atoms with van der Waals surface area (Å²) in [6.07, 6.45) is 3.05. The van der Waals surface area contributed by atoms with Crippen LogP contribution in [0.25, 0.3) is 0 Å². The molecule has 3 unspecified atom stereocenters. The van der Waals surface area contributed by atoms with Crippen molar-refractivity contribution in [2.24, 2.45) is 5.92 Å². The topological polar surface area (TPSA) is 21.3 Å². The Kier molecular flexibility index (Phi) is 4.52. The number of hydrogen-bond acceptors (Lipinski definition) is 3. The smallest absolute Gasteiger partial charge is 0.159 e. The third-order valence-electron chi connectivity index (χ3n) is 4.68. The Morgan fingerprint density at radius 2 is 2.24 bits per heavy atom. The van der Waals surface area contributed by atoms with Gasteiger partial charge in [0.2, 0.25) is 0 Å². The second kappa shape index (κ2) is 6.23. The van der Waals surface area contributed by atoms with Crippen LogP contribution in [0.15, 0.2) is 18.2 Å². The van der Waals surface area contributed by atoms with Gasteiger partial charge in [0.15, 0.2) is 11.6 Å². The highest BCUT2D eigenvalue weighted by Crippen LogP contribution is 2.44. The summed E-state index contributed by atoms with van der Waals surface area (Å²) in [6, 6.07) is 4.27. The average Bonchev–Trinajstić information content (AvgIpc) is 2.91. The summed E-state index contributed by atoms with van der Waals surface area (Å²) >= 11 is 1.95. The fourth-order valence-corrected chi connectivity index (χ4v) is 4.97. The van der Waals surface area contributed by atoms with Crippen LogP contribution in [0.3, 0.4) is 0 Å². The predicted octanol–water partition coefficient (Wildman–Crippen LogP) is 3.53. The fourth-order valence-electron chi connectivity index (χ4n) is 3.59. The van der Waals surface area contributed by atoms with Crippen molar-refractivity contribution >= 4 is 11.8 Å². The zero-order valence-corrected chi connectivity index (χ0v) is 13.0. The number of hydrogen-bond donors (Lipinski definition) is 1. The van der Waals surface area contributed by atoms with Crippen molar-refractivity contribution in [3.05, 3.63) is 35.4 Å². The van der Waals surface area contributed by atoms with Gasteiger partial charge in [-0.05, 0) is 55.7 Å². The lowest BCUT2D eigenvalue weighted by atomic mass is 9.79. The van der Waals surface area contributed by atoms with Gasteiger partial charge in [0.25, 0.3) is 0 Å². The molecule has 0 saturated carbocycles. The van der Waals surface area contributed by atoms with Crippen molar-refractivity contribution in [3.8, 4) is 0 Å².